The summed E-state index contributed by atoms with van der Waals surface area (Å²) in [6, 6.07) is 7.06. The van der Waals surface area contributed by atoms with Gasteiger partial charge < -0.3 is 19.9 Å². The lowest BCUT2D eigenvalue weighted by Gasteiger charge is -2.44. The summed E-state index contributed by atoms with van der Waals surface area (Å²) in [6.07, 6.45) is 3.16. The fourth-order valence-electron chi connectivity index (χ4n) is 5.00. The Kier molecular flexibility index (Phi) is 7.97. The minimum atomic E-state index is -0.540. The van der Waals surface area contributed by atoms with Crippen LogP contribution in [-0.4, -0.2) is 79.3 Å². The highest BCUT2D eigenvalue weighted by Crippen LogP contribution is 2.36. The molecule has 0 spiro atoms. The van der Waals surface area contributed by atoms with E-state index < -0.39 is 17.5 Å². The Labute approximate surface area is 231 Å². The van der Waals surface area contributed by atoms with Gasteiger partial charge in [0.15, 0.2) is 0 Å². The molecule has 2 aromatic carbocycles. The monoisotopic (exact) mass is 556 g/mol. The molecule has 2 fully saturated rings. The average molecular weight is 557 g/mol. The Morgan fingerprint density at radius 2 is 1.69 bits per heavy atom. The SMILES string of the molecule is CC1CN(c2cc(F)c(-c3cnc(N4CCOCC4)nc3)cc2NC(=O)c2ccc(F)cc2Cl)C[C@@H](C)N1C. The van der Waals surface area contributed by atoms with Crippen LogP contribution in [0.4, 0.5) is 26.1 Å². The number of hydrogen-bond donors (Lipinski definition) is 1. The molecule has 2 atom stereocenters. The van der Waals surface area contributed by atoms with Gasteiger partial charge in [-0.1, -0.05) is 11.6 Å². The third-order valence-corrected chi connectivity index (χ3v) is 7.77. The Morgan fingerprint density at radius 1 is 1.03 bits per heavy atom. The largest absolute Gasteiger partial charge is 0.378 e. The zero-order chi connectivity index (χ0) is 27.7. The molecular formula is C28H31ClF2N6O2. The van der Waals surface area contributed by atoms with Gasteiger partial charge in [0.05, 0.1) is 35.2 Å². The molecule has 3 aromatic rings. The summed E-state index contributed by atoms with van der Waals surface area (Å²) in [5.41, 5.74) is 1.82. The van der Waals surface area contributed by atoms with Gasteiger partial charge in [0.2, 0.25) is 5.95 Å². The van der Waals surface area contributed by atoms with Gasteiger partial charge in [-0.25, -0.2) is 18.7 Å². The summed E-state index contributed by atoms with van der Waals surface area (Å²) >= 11 is 6.16. The molecule has 2 aliphatic heterocycles. The number of rotatable bonds is 5. The maximum atomic E-state index is 15.7. The van der Waals surface area contributed by atoms with Crippen molar-refractivity contribution in [2.24, 2.45) is 0 Å². The zero-order valence-electron chi connectivity index (χ0n) is 22.1. The Bertz CT molecular complexity index is 1340. The molecule has 2 aliphatic rings. The number of piperazine rings is 1. The number of halogens is 3. The molecule has 206 valence electrons. The van der Waals surface area contributed by atoms with E-state index in [9.17, 15) is 9.18 Å². The quantitative estimate of drug-likeness (QED) is 0.488. The Balaban J connectivity index is 1.51. The van der Waals surface area contributed by atoms with Crippen LogP contribution >= 0.6 is 11.6 Å². The topological polar surface area (TPSA) is 73.8 Å². The summed E-state index contributed by atoms with van der Waals surface area (Å²) in [5.74, 6) is -0.959. The molecule has 0 saturated carbocycles. The molecule has 0 bridgehead atoms. The molecule has 3 heterocycles. The van der Waals surface area contributed by atoms with Gasteiger partial charge in [0.1, 0.15) is 11.6 Å². The van der Waals surface area contributed by atoms with Crippen molar-refractivity contribution < 1.29 is 18.3 Å². The van der Waals surface area contributed by atoms with Crippen LogP contribution in [0.3, 0.4) is 0 Å². The van der Waals surface area contributed by atoms with E-state index in [0.29, 0.717) is 62.3 Å². The second-order valence-electron chi connectivity index (χ2n) is 10.1. The van der Waals surface area contributed by atoms with Crippen molar-refractivity contribution in [2.75, 3.05) is 61.6 Å². The molecule has 1 unspecified atom stereocenters. The standard InChI is InChI=1S/C28H31ClF2N6O2/c1-17-15-37(16-18(2)35(17)3)26-12-24(31)22(19-13-32-28(33-14-19)36-6-8-39-9-7-36)11-25(26)34-27(38)21-5-4-20(30)10-23(21)29/h4-5,10-14,17-18H,6-9,15-16H2,1-3H3,(H,34,38)/t17-,18?/m1/s1. The number of anilines is 3. The summed E-state index contributed by atoms with van der Waals surface area (Å²) in [4.78, 5) is 28.5. The molecule has 2 saturated heterocycles. The van der Waals surface area contributed by atoms with Crippen LogP contribution in [0.2, 0.25) is 5.02 Å². The van der Waals surface area contributed by atoms with Crippen molar-refractivity contribution >= 4 is 34.8 Å². The fraction of sp³-hybridized carbons (Fsp3) is 0.393. The van der Waals surface area contributed by atoms with Crippen LogP contribution in [0.1, 0.15) is 24.2 Å². The first kappa shape index (κ1) is 27.2. The number of morpholine rings is 1. The van der Waals surface area contributed by atoms with Crippen molar-refractivity contribution in [3.63, 3.8) is 0 Å². The lowest BCUT2D eigenvalue weighted by atomic mass is 10.0. The van der Waals surface area contributed by atoms with Crippen LogP contribution < -0.4 is 15.1 Å². The van der Waals surface area contributed by atoms with Crippen LogP contribution in [0, 0.1) is 11.6 Å². The first-order valence-electron chi connectivity index (χ1n) is 12.9. The number of nitrogens with one attached hydrogen (secondary N) is 1. The van der Waals surface area contributed by atoms with Gasteiger partial charge in [-0.05, 0) is 51.2 Å². The molecule has 11 heteroatoms. The summed E-state index contributed by atoms with van der Waals surface area (Å²) < 4.78 is 34.6. The van der Waals surface area contributed by atoms with E-state index in [1.165, 1.54) is 18.2 Å². The highest BCUT2D eigenvalue weighted by Gasteiger charge is 2.29. The summed E-state index contributed by atoms with van der Waals surface area (Å²) in [7, 11) is 2.07. The molecule has 39 heavy (non-hydrogen) atoms. The minimum Gasteiger partial charge on any atom is -0.378 e. The number of carbonyl (C=O) groups excluding carboxylic acids is 1. The normalized spacial score (nSPS) is 20.3. The molecule has 0 aliphatic carbocycles. The summed E-state index contributed by atoms with van der Waals surface area (Å²) in [5, 5.41) is 2.89. The number of hydrogen-bond acceptors (Lipinski definition) is 7. The van der Waals surface area contributed by atoms with E-state index in [-0.39, 0.29) is 28.2 Å². The lowest BCUT2D eigenvalue weighted by Crippen LogP contribution is -2.55. The van der Waals surface area contributed by atoms with E-state index in [4.69, 9.17) is 16.3 Å². The number of amides is 1. The highest BCUT2D eigenvalue weighted by molar-refractivity contribution is 6.34. The maximum absolute atomic E-state index is 15.7. The Morgan fingerprint density at radius 3 is 2.33 bits per heavy atom. The van der Waals surface area contributed by atoms with E-state index in [0.717, 1.165) is 6.07 Å². The van der Waals surface area contributed by atoms with Gasteiger partial charge >= 0.3 is 0 Å². The predicted molar refractivity (Wildman–Crippen MR) is 149 cm³/mol. The van der Waals surface area contributed by atoms with Crippen molar-refractivity contribution in [1.29, 1.82) is 0 Å². The van der Waals surface area contributed by atoms with Crippen molar-refractivity contribution in [3.05, 3.63) is 64.9 Å². The fourth-order valence-corrected chi connectivity index (χ4v) is 5.25. The second-order valence-corrected chi connectivity index (χ2v) is 10.5. The van der Waals surface area contributed by atoms with Crippen molar-refractivity contribution in [2.45, 2.75) is 25.9 Å². The first-order valence-corrected chi connectivity index (χ1v) is 13.3. The maximum Gasteiger partial charge on any atom is 0.257 e. The third-order valence-electron chi connectivity index (χ3n) is 7.45. The molecule has 5 rings (SSSR count). The second kappa shape index (κ2) is 11.4. The van der Waals surface area contributed by atoms with E-state index in [1.807, 2.05) is 4.90 Å². The lowest BCUT2D eigenvalue weighted by molar-refractivity contribution is 0.102. The van der Waals surface area contributed by atoms with E-state index in [1.54, 1.807) is 18.5 Å². The zero-order valence-corrected chi connectivity index (χ0v) is 22.9. The molecule has 1 aromatic heterocycles. The molecule has 0 radical (unpaired) electrons. The molecule has 1 amide bonds. The number of aromatic nitrogens is 2. The smallest absolute Gasteiger partial charge is 0.257 e. The van der Waals surface area contributed by atoms with Crippen LogP contribution in [0.25, 0.3) is 11.1 Å². The Hall–Kier alpha value is -3.34. The molecular weight excluding hydrogens is 526 g/mol. The summed E-state index contributed by atoms with van der Waals surface area (Å²) in [6.45, 7) is 8.10. The van der Waals surface area contributed by atoms with Gasteiger partial charge in [-0.2, -0.15) is 0 Å². The average Bonchev–Trinajstić information content (AvgIpc) is 2.92. The van der Waals surface area contributed by atoms with Crippen molar-refractivity contribution in [3.8, 4) is 11.1 Å². The van der Waals surface area contributed by atoms with Gasteiger partial charge in [-0.15, -0.1) is 0 Å². The number of carbonyl (C=O) groups is 1. The van der Waals surface area contributed by atoms with Gasteiger partial charge in [0.25, 0.3) is 5.91 Å². The van der Waals surface area contributed by atoms with Gasteiger partial charge in [0, 0.05) is 61.8 Å². The number of nitrogens with zero attached hydrogens (tertiary/aromatic N) is 5. The molecule has 8 nitrogen and oxygen atoms in total. The van der Waals surface area contributed by atoms with Gasteiger partial charge in [-0.3, -0.25) is 9.69 Å². The van der Waals surface area contributed by atoms with Crippen LogP contribution in [0.15, 0.2) is 42.7 Å². The number of likely N-dealkylation sites (N-methyl/N-ethyl adjacent to an activating group) is 1. The van der Waals surface area contributed by atoms with Crippen LogP contribution in [-0.2, 0) is 4.74 Å². The van der Waals surface area contributed by atoms with E-state index in [2.05, 4.69) is 46.0 Å². The molecule has 1 N–H and O–H groups in total. The third kappa shape index (κ3) is 5.83. The first-order chi connectivity index (χ1) is 18.7. The van der Waals surface area contributed by atoms with Crippen molar-refractivity contribution in [1.82, 2.24) is 14.9 Å². The highest BCUT2D eigenvalue weighted by atomic mass is 35.5. The minimum absolute atomic E-state index is 0.00896. The van der Waals surface area contributed by atoms with Crippen LogP contribution in [0.5, 0.6) is 0 Å². The number of ether oxygens (including phenoxy) is 1. The van der Waals surface area contributed by atoms with E-state index >= 15 is 4.39 Å². The number of benzene rings is 2. The predicted octanol–water partition coefficient (Wildman–Crippen LogP) is 4.69.